The smallest absolute Gasteiger partial charge is 0.144 e. The van der Waals surface area contributed by atoms with E-state index in [1.54, 1.807) is 0 Å². The van der Waals surface area contributed by atoms with E-state index in [0.717, 1.165) is 6.66 Å². The Bertz CT molecular complexity index is 315. The minimum absolute atomic E-state index is 0.180. The van der Waals surface area contributed by atoms with Crippen LogP contribution in [0.15, 0.2) is 0 Å². The molecule has 6 nitrogen and oxygen atoms in total. The lowest BCUT2D eigenvalue weighted by atomic mass is 10.00. The lowest BCUT2D eigenvalue weighted by Crippen LogP contribution is -2.46. The van der Waals surface area contributed by atoms with E-state index in [1.165, 1.54) is 7.11 Å². The summed E-state index contributed by atoms with van der Waals surface area (Å²) in [5, 5.41) is 0. The van der Waals surface area contributed by atoms with Crippen molar-refractivity contribution in [3.05, 3.63) is 0 Å². The van der Waals surface area contributed by atoms with Crippen molar-refractivity contribution in [2.75, 3.05) is 27.0 Å². The summed E-state index contributed by atoms with van der Waals surface area (Å²) >= 11 is 0. The van der Waals surface area contributed by atoms with Crippen LogP contribution in [0, 0.1) is 0 Å². The summed E-state index contributed by atoms with van der Waals surface area (Å²) in [6.07, 6.45) is -1.12. The summed E-state index contributed by atoms with van der Waals surface area (Å²) in [7, 11) is -2.27. The molecule has 0 amide bonds. The van der Waals surface area contributed by atoms with E-state index in [1.807, 2.05) is 6.92 Å². The van der Waals surface area contributed by atoms with Crippen molar-refractivity contribution in [1.82, 2.24) is 0 Å². The molecule has 0 aromatic heterocycles. The van der Waals surface area contributed by atoms with Gasteiger partial charge < -0.3 is 28.2 Å². The van der Waals surface area contributed by atoms with Crippen molar-refractivity contribution >= 4 is 7.60 Å². The fraction of sp³-hybridized carbons (Fsp3) is 1.00. The van der Waals surface area contributed by atoms with Crippen molar-refractivity contribution in [2.45, 2.75) is 30.8 Å². The zero-order chi connectivity index (χ0) is 12.0. The Hall–Kier alpha value is 0.0300. The Kier molecular flexibility index (Phi) is 3.16. The summed E-state index contributed by atoms with van der Waals surface area (Å²) < 4.78 is 32.6. The molecule has 2 fully saturated rings. The van der Waals surface area contributed by atoms with Crippen LogP contribution in [-0.4, -0.2) is 50.9 Å². The number of rotatable bonds is 4. The Morgan fingerprint density at radius 1 is 1.62 bits per heavy atom. The Labute approximate surface area is 94.4 Å². The van der Waals surface area contributed by atoms with Crippen LogP contribution in [0.2, 0.25) is 0 Å². The molecule has 2 saturated heterocycles. The summed E-state index contributed by atoms with van der Waals surface area (Å²) in [5.41, 5.74) is -0.783. The van der Waals surface area contributed by atoms with E-state index in [2.05, 4.69) is 0 Å². The van der Waals surface area contributed by atoms with Crippen molar-refractivity contribution in [3.63, 3.8) is 0 Å². The van der Waals surface area contributed by atoms with Crippen molar-refractivity contribution in [2.24, 2.45) is 0 Å². The number of hydrogen-bond donors (Lipinski definition) is 0. The van der Waals surface area contributed by atoms with Crippen molar-refractivity contribution in [1.29, 1.82) is 0 Å². The molecule has 0 N–H and O–H groups in total. The van der Waals surface area contributed by atoms with E-state index in [9.17, 15) is 9.46 Å². The van der Waals surface area contributed by atoms with Gasteiger partial charge in [0.05, 0.1) is 19.3 Å². The van der Waals surface area contributed by atoms with Crippen LogP contribution in [0.4, 0.5) is 0 Å². The van der Waals surface area contributed by atoms with Gasteiger partial charge in [-0.05, 0) is 6.92 Å². The second kappa shape index (κ2) is 4.05. The standard InChI is InChI=1S/C9H17O6P/c1-6-7-8(15-16(3,10)11)9(14-6,4-12-2)5-13-7/h6-8H,4-5H2,1-3H3,(H,10,11)/p-1/t6-,7?,8+,9-/m0/s1. The second-order valence-electron chi connectivity index (χ2n) is 4.39. The van der Waals surface area contributed by atoms with Gasteiger partial charge in [0.15, 0.2) is 0 Å². The van der Waals surface area contributed by atoms with Crippen LogP contribution >= 0.6 is 7.60 Å². The molecule has 2 aliphatic heterocycles. The first kappa shape index (κ1) is 12.5. The van der Waals surface area contributed by atoms with Crippen molar-refractivity contribution < 1.29 is 28.2 Å². The summed E-state index contributed by atoms with van der Waals surface area (Å²) in [4.78, 5) is 11.2. The third-order valence-corrected chi connectivity index (χ3v) is 3.52. The highest BCUT2D eigenvalue weighted by molar-refractivity contribution is 7.50. The van der Waals surface area contributed by atoms with Gasteiger partial charge in [-0.15, -0.1) is 0 Å². The Balaban J connectivity index is 2.19. The quantitative estimate of drug-likeness (QED) is 0.642. The maximum atomic E-state index is 11.2. The molecule has 2 rings (SSSR count). The number of ether oxygens (including phenoxy) is 3. The first-order valence-electron chi connectivity index (χ1n) is 5.13. The van der Waals surface area contributed by atoms with E-state index in [0.29, 0.717) is 6.61 Å². The summed E-state index contributed by atoms with van der Waals surface area (Å²) in [5.74, 6) is 0. The molecule has 16 heavy (non-hydrogen) atoms. The predicted octanol–water partition coefficient (Wildman–Crippen LogP) is -0.243. The van der Waals surface area contributed by atoms with Crippen LogP contribution in [0.5, 0.6) is 0 Å². The van der Waals surface area contributed by atoms with Crippen LogP contribution in [0.1, 0.15) is 6.92 Å². The van der Waals surface area contributed by atoms with Gasteiger partial charge in [-0.25, -0.2) is 0 Å². The van der Waals surface area contributed by atoms with Crippen LogP contribution in [0.3, 0.4) is 0 Å². The number of methoxy groups -OCH3 is 1. The molecule has 0 aromatic carbocycles. The molecule has 94 valence electrons. The fourth-order valence-electron chi connectivity index (χ4n) is 2.39. The molecular weight excluding hydrogens is 235 g/mol. The maximum Gasteiger partial charge on any atom is 0.144 e. The molecule has 0 radical (unpaired) electrons. The molecule has 0 spiro atoms. The lowest BCUT2D eigenvalue weighted by Gasteiger charge is -2.31. The molecule has 5 atom stereocenters. The SMILES string of the molecule is COC[C@@]12COC([C@H](C)O1)[C@H]2OP(C)(=O)[O-]. The normalized spacial score (nSPS) is 45.9. The first-order chi connectivity index (χ1) is 7.38. The zero-order valence-electron chi connectivity index (χ0n) is 9.54. The molecule has 2 aliphatic rings. The maximum absolute atomic E-state index is 11.2. The van der Waals surface area contributed by atoms with Gasteiger partial charge in [0, 0.05) is 13.8 Å². The first-order valence-corrected chi connectivity index (χ1v) is 7.12. The summed E-state index contributed by atoms with van der Waals surface area (Å²) in [6.45, 7) is 3.46. The third kappa shape index (κ3) is 2.06. The second-order valence-corrected chi connectivity index (χ2v) is 6.15. The molecule has 2 heterocycles. The molecule has 0 saturated carbocycles. The predicted molar refractivity (Wildman–Crippen MR) is 53.3 cm³/mol. The third-order valence-electron chi connectivity index (χ3n) is 2.91. The van der Waals surface area contributed by atoms with Gasteiger partial charge in [0.25, 0.3) is 0 Å². The molecule has 7 heteroatoms. The summed E-state index contributed by atoms with van der Waals surface area (Å²) in [6, 6.07) is 0. The van der Waals surface area contributed by atoms with Crippen LogP contribution < -0.4 is 4.89 Å². The average Bonchev–Trinajstić information content (AvgIpc) is 2.54. The molecule has 2 unspecified atom stereocenters. The molecular formula is C9H16O6P-. The molecule has 2 bridgehead atoms. The van der Waals surface area contributed by atoms with Crippen LogP contribution in [-0.2, 0) is 23.3 Å². The van der Waals surface area contributed by atoms with Gasteiger partial charge in [-0.3, -0.25) is 0 Å². The van der Waals surface area contributed by atoms with E-state index in [-0.39, 0.29) is 18.8 Å². The van der Waals surface area contributed by atoms with Gasteiger partial charge in [-0.1, -0.05) is 0 Å². The minimum atomic E-state index is -3.81. The Morgan fingerprint density at radius 2 is 2.31 bits per heavy atom. The highest BCUT2D eigenvalue weighted by Crippen LogP contribution is 2.48. The Morgan fingerprint density at radius 3 is 2.81 bits per heavy atom. The minimum Gasteiger partial charge on any atom is -0.779 e. The largest absolute Gasteiger partial charge is 0.779 e. The number of hydrogen-bond acceptors (Lipinski definition) is 6. The molecule has 0 aliphatic carbocycles. The average molecular weight is 251 g/mol. The molecule has 0 aromatic rings. The topological polar surface area (TPSA) is 77.0 Å². The van der Waals surface area contributed by atoms with Crippen molar-refractivity contribution in [3.8, 4) is 0 Å². The van der Waals surface area contributed by atoms with Gasteiger partial charge in [0.2, 0.25) is 0 Å². The monoisotopic (exact) mass is 251 g/mol. The lowest BCUT2D eigenvalue weighted by molar-refractivity contribution is -0.206. The zero-order valence-corrected chi connectivity index (χ0v) is 10.4. The fourth-order valence-corrected chi connectivity index (χ4v) is 3.12. The highest BCUT2D eigenvalue weighted by Gasteiger charge is 2.61. The van der Waals surface area contributed by atoms with E-state index < -0.39 is 19.3 Å². The van der Waals surface area contributed by atoms with Gasteiger partial charge in [0.1, 0.15) is 25.4 Å². The highest BCUT2D eigenvalue weighted by atomic mass is 31.2. The van der Waals surface area contributed by atoms with Gasteiger partial charge in [-0.2, -0.15) is 0 Å². The van der Waals surface area contributed by atoms with Gasteiger partial charge >= 0.3 is 0 Å². The van der Waals surface area contributed by atoms with E-state index >= 15 is 0 Å². The van der Waals surface area contributed by atoms with E-state index in [4.69, 9.17) is 18.7 Å². The van der Waals surface area contributed by atoms with Crippen LogP contribution in [0.25, 0.3) is 0 Å². The number of fused-ring (bicyclic) bond motifs is 2.